The highest BCUT2D eigenvalue weighted by atomic mass is 15.3. The standard InChI is InChI=1S/C17H27N5/c1-17(2,3)16-14(12-21(4)20-16)10-18-9-13-5-6-15-19-7-8-22(15)11-13/h7-8,12-13,18H,5-6,9-11H2,1-4H3/t13-/m1/s1. The minimum Gasteiger partial charge on any atom is -0.335 e. The predicted molar refractivity (Wildman–Crippen MR) is 87.7 cm³/mol. The van der Waals surface area contributed by atoms with Gasteiger partial charge in [-0.2, -0.15) is 5.10 Å². The fraction of sp³-hybridized carbons (Fsp3) is 0.647. The zero-order chi connectivity index (χ0) is 15.7. The number of hydrogen-bond acceptors (Lipinski definition) is 3. The van der Waals surface area contributed by atoms with Gasteiger partial charge in [0.1, 0.15) is 5.82 Å². The second kappa shape index (κ2) is 5.88. The highest BCUT2D eigenvalue weighted by Gasteiger charge is 2.22. The fourth-order valence-corrected chi connectivity index (χ4v) is 3.31. The van der Waals surface area contributed by atoms with Crippen molar-refractivity contribution in [3.63, 3.8) is 0 Å². The monoisotopic (exact) mass is 301 g/mol. The molecular formula is C17H27N5. The molecule has 0 aliphatic carbocycles. The van der Waals surface area contributed by atoms with Gasteiger partial charge in [-0.05, 0) is 18.9 Å². The van der Waals surface area contributed by atoms with Crippen LogP contribution in [0.1, 0.15) is 44.3 Å². The molecule has 0 spiro atoms. The highest BCUT2D eigenvalue weighted by molar-refractivity contribution is 5.23. The van der Waals surface area contributed by atoms with Gasteiger partial charge in [-0.1, -0.05) is 20.8 Å². The number of fused-ring (bicyclic) bond motifs is 1. The fourth-order valence-electron chi connectivity index (χ4n) is 3.31. The molecule has 0 fully saturated rings. The summed E-state index contributed by atoms with van der Waals surface area (Å²) in [7, 11) is 2.00. The summed E-state index contributed by atoms with van der Waals surface area (Å²) in [5.41, 5.74) is 2.60. The lowest BCUT2D eigenvalue weighted by Crippen LogP contribution is -2.30. The summed E-state index contributed by atoms with van der Waals surface area (Å²) in [6.45, 7) is 9.70. The molecule has 1 aliphatic heterocycles. The quantitative estimate of drug-likeness (QED) is 0.942. The first-order valence-corrected chi connectivity index (χ1v) is 8.17. The van der Waals surface area contributed by atoms with Gasteiger partial charge in [0.25, 0.3) is 0 Å². The van der Waals surface area contributed by atoms with E-state index in [0.717, 1.165) is 26.1 Å². The van der Waals surface area contributed by atoms with Crippen LogP contribution in [0, 0.1) is 5.92 Å². The van der Waals surface area contributed by atoms with Crippen LogP contribution in [-0.2, 0) is 32.0 Å². The van der Waals surface area contributed by atoms with Gasteiger partial charge in [-0.25, -0.2) is 4.98 Å². The molecule has 0 bridgehead atoms. The van der Waals surface area contributed by atoms with Crippen molar-refractivity contribution in [3.8, 4) is 0 Å². The van der Waals surface area contributed by atoms with E-state index in [1.165, 1.54) is 23.5 Å². The molecule has 2 aromatic heterocycles. The normalized spacial score (nSPS) is 18.5. The lowest BCUT2D eigenvalue weighted by Gasteiger charge is -2.24. The van der Waals surface area contributed by atoms with Crippen molar-refractivity contribution < 1.29 is 0 Å². The summed E-state index contributed by atoms with van der Waals surface area (Å²) in [4.78, 5) is 4.39. The van der Waals surface area contributed by atoms with Crippen LogP contribution in [0.4, 0.5) is 0 Å². The lowest BCUT2D eigenvalue weighted by atomic mass is 9.89. The van der Waals surface area contributed by atoms with Gasteiger partial charge in [0.15, 0.2) is 0 Å². The molecule has 1 atom stereocenters. The minimum absolute atomic E-state index is 0.0921. The maximum absolute atomic E-state index is 4.63. The van der Waals surface area contributed by atoms with E-state index in [4.69, 9.17) is 0 Å². The Morgan fingerprint density at radius 1 is 1.36 bits per heavy atom. The number of aromatic nitrogens is 4. The number of aryl methyl sites for hydroxylation is 2. The molecule has 0 amide bonds. The summed E-state index contributed by atoms with van der Waals surface area (Å²) in [5, 5.41) is 8.27. The molecule has 1 N–H and O–H groups in total. The smallest absolute Gasteiger partial charge is 0.108 e. The van der Waals surface area contributed by atoms with Crippen molar-refractivity contribution in [3.05, 3.63) is 35.7 Å². The van der Waals surface area contributed by atoms with E-state index in [2.05, 4.69) is 53.1 Å². The molecule has 3 rings (SSSR count). The van der Waals surface area contributed by atoms with Crippen LogP contribution in [0.15, 0.2) is 18.6 Å². The van der Waals surface area contributed by atoms with Crippen molar-refractivity contribution in [1.82, 2.24) is 24.6 Å². The van der Waals surface area contributed by atoms with Gasteiger partial charge >= 0.3 is 0 Å². The lowest BCUT2D eigenvalue weighted by molar-refractivity contribution is 0.347. The molecule has 0 saturated heterocycles. The van der Waals surface area contributed by atoms with E-state index in [1.807, 2.05) is 17.9 Å². The van der Waals surface area contributed by atoms with E-state index < -0.39 is 0 Å². The zero-order valence-electron chi connectivity index (χ0n) is 14.1. The van der Waals surface area contributed by atoms with Gasteiger partial charge in [0.05, 0.1) is 5.69 Å². The molecule has 1 aliphatic rings. The predicted octanol–water partition coefficient (Wildman–Crippen LogP) is 2.27. The van der Waals surface area contributed by atoms with Crippen molar-refractivity contribution in [2.24, 2.45) is 13.0 Å². The Balaban J connectivity index is 1.56. The molecule has 3 heterocycles. The largest absolute Gasteiger partial charge is 0.335 e. The average Bonchev–Trinajstić information content (AvgIpc) is 3.04. The number of nitrogens with one attached hydrogen (secondary N) is 1. The summed E-state index contributed by atoms with van der Waals surface area (Å²) in [6.07, 6.45) is 8.47. The first-order chi connectivity index (χ1) is 10.4. The third kappa shape index (κ3) is 3.24. The third-order valence-electron chi connectivity index (χ3n) is 4.40. The topological polar surface area (TPSA) is 47.7 Å². The van der Waals surface area contributed by atoms with Crippen LogP contribution in [0.2, 0.25) is 0 Å². The minimum atomic E-state index is 0.0921. The summed E-state index contributed by atoms with van der Waals surface area (Å²) < 4.78 is 4.22. The Hall–Kier alpha value is -1.62. The molecule has 120 valence electrons. The van der Waals surface area contributed by atoms with Gasteiger partial charge in [0, 0.05) is 56.1 Å². The third-order valence-corrected chi connectivity index (χ3v) is 4.40. The second-order valence-corrected chi connectivity index (χ2v) is 7.46. The van der Waals surface area contributed by atoms with Gasteiger partial charge in [-0.3, -0.25) is 4.68 Å². The Morgan fingerprint density at radius 2 is 2.18 bits per heavy atom. The molecular weight excluding hydrogens is 274 g/mol. The molecule has 22 heavy (non-hydrogen) atoms. The van der Waals surface area contributed by atoms with Crippen LogP contribution in [-0.4, -0.2) is 25.9 Å². The average molecular weight is 301 g/mol. The molecule has 0 saturated carbocycles. The summed E-state index contributed by atoms with van der Waals surface area (Å²) in [5.74, 6) is 1.93. The van der Waals surface area contributed by atoms with Crippen molar-refractivity contribution in [1.29, 1.82) is 0 Å². The first-order valence-electron chi connectivity index (χ1n) is 8.17. The molecule has 5 nitrogen and oxygen atoms in total. The molecule has 0 radical (unpaired) electrons. The van der Waals surface area contributed by atoms with Gasteiger partial charge in [-0.15, -0.1) is 0 Å². The number of hydrogen-bond donors (Lipinski definition) is 1. The Morgan fingerprint density at radius 3 is 2.95 bits per heavy atom. The molecule has 0 unspecified atom stereocenters. The maximum atomic E-state index is 4.63. The van der Waals surface area contributed by atoms with Crippen LogP contribution < -0.4 is 5.32 Å². The van der Waals surface area contributed by atoms with Crippen LogP contribution >= 0.6 is 0 Å². The SMILES string of the molecule is Cn1cc(CNC[C@H]2CCc3nccn3C2)c(C(C)(C)C)n1. The summed E-state index contributed by atoms with van der Waals surface area (Å²) in [6, 6.07) is 0. The highest BCUT2D eigenvalue weighted by Crippen LogP contribution is 2.24. The van der Waals surface area contributed by atoms with E-state index >= 15 is 0 Å². The molecule has 5 heteroatoms. The molecule has 0 aromatic carbocycles. The Bertz CT molecular complexity index is 632. The van der Waals surface area contributed by atoms with E-state index in [1.54, 1.807) is 0 Å². The maximum Gasteiger partial charge on any atom is 0.108 e. The number of imidazole rings is 1. The van der Waals surface area contributed by atoms with Crippen LogP contribution in [0.25, 0.3) is 0 Å². The zero-order valence-corrected chi connectivity index (χ0v) is 14.1. The van der Waals surface area contributed by atoms with Crippen LogP contribution in [0.5, 0.6) is 0 Å². The summed E-state index contributed by atoms with van der Waals surface area (Å²) >= 11 is 0. The Kier molecular flexibility index (Phi) is 4.08. The van der Waals surface area contributed by atoms with Crippen molar-refractivity contribution in [2.75, 3.05) is 6.54 Å². The van der Waals surface area contributed by atoms with E-state index in [9.17, 15) is 0 Å². The molecule has 2 aromatic rings. The first kappa shape index (κ1) is 15.3. The van der Waals surface area contributed by atoms with Crippen LogP contribution in [0.3, 0.4) is 0 Å². The van der Waals surface area contributed by atoms with Crippen molar-refractivity contribution in [2.45, 2.75) is 52.1 Å². The van der Waals surface area contributed by atoms with Crippen molar-refractivity contribution >= 4 is 0 Å². The van der Waals surface area contributed by atoms with Gasteiger partial charge in [0.2, 0.25) is 0 Å². The van der Waals surface area contributed by atoms with E-state index in [0.29, 0.717) is 5.92 Å². The van der Waals surface area contributed by atoms with E-state index in [-0.39, 0.29) is 5.41 Å². The number of nitrogens with zero attached hydrogens (tertiary/aromatic N) is 4. The van der Waals surface area contributed by atoms with Gasteiger partial charge < -0.3 is 9.88 Å². The second-order valence-electron chi connectivity index (χ2n) is 7.46. The number of rotatable bonds is 4. The Labute approximate surface area is 132 Å².